The van der Waals surface area contributed by atoms with E-state index in [4.69, 9.17) is 9.47 Å². The Morgan fingerprint density at radius 1 is 1.28 bits per heavy atom. The number of nitrogens with one attached hydrogen (secondary N) is 1. The number of esters is 3. The Kier molecular flexibility index (Phi) is 4.72. The van der Waals surface area contributed by atoms with Gasteiger partial charge in [0.15, 0.2) is 5.57 Å². The van der Waals surface area contributed by atoms with Crippen molar-refractivity contribution in [2.24, 2.45) is 0 Å². The summed E-state index contributed by atoms with van der Waals surface area (Å²) in [5, 5.41) is 13.6. The molecule has 0 saturated carbocycles. The van der Waals surface area contributed by atoms with E-state index in [-0.39, 0.29) is 11.3 Å². The van der Waals surface area contributed by atoms with Crippen molar-refractivity contribution in [2.45, 2.75) is 19.6 Å². The Morgan fingerprint density at radius 3 is 2.40 bits per heavy atom. The summed E-state index contributed by atoms with van der Waals surface area (Å²) in [5.74, 6) is -4.18. The van der Waals surface area contributed by atoms with Crippen LogP contribution < -0.4 is 5.32 Å². The molecule has 25 heavy (non-hydrogen) atoms. The molecule has 10 nitrogen and oxygen atoms in total. The number of rotatable bonds is 4. The Morgan fingerprint density at radius 2 is 1.88 bits per heavy atom. The van der Waals surface area contributed by atoms with E-state index in [1.165, 1.54) is 26.0 Å². The maximum absolute atomic E-state index is 11.9. The molecule has 1 aliphatic rings. The van der Waals surface area contributed by atoms with E-state index in [2.05, 4.69) is 10.1 Å². The fourth-order valence-electron chi connectivity index (χ4n) is 2.05. The highest BCUT2D eigenvalue weighted by Gasteiger charge is 2.39. The van der Waals surface area contributed by atoms with Crippen LogP contribution in [0.1, 0.15) is 24.2 Å². The third-order valence-corrected chi connectivity index (χ3v) is 3.12. The summed E-state index contributed by atoms with van der Waals surface area (Å²) in [5.41, 5.74) is -1.34. The number of hydrogen-bond donors (Lipinski definition) is 1. The summed E-state index contributed by atoms with van der Waals surface area (Å²) in [6, 6.07) is 3.74. The Balaban J connectivity index is 2.43. The van der Waals surface area contributed by atoms with Gasteiger partial charge in [0.05, 0.1) is 17.6 Å². The van der Waals surface area contributed by atoms with Gasteiger partial charge in [-0.3, -0.25) is 10.1 Å². The zero-order valence-electron chi connectivity index (χ0n) is 13.5. The number of nitrogens with zero attached hydrogens (tertiary/aromatic N) is 1. The molecule has 0 unspecified atom stereocenters. The molecule has 1 aliphatic heterocycles. The predicted octanol–water partition coefficient (Wildman–Crippen LogP) is 1.51. The van der Waals surface area contributed by atoms with Gasteiger partial charge in [-0.05, 0) is 6.07 Å². The minimum atomic E-state index is -1.42. The molecule has 10 heteroatoms. The van der Waals surface area contributed by atoms with Gasteiger partial charge >= 0.3 is 17.9 Å². The first-order chi connectivity index (χ1) is 11.7. The van der Waals surface area contributed by atoms with E-state index in [1.807, 2.05) is 0 Å². The van der Waals surface area contributed by atoms with Gasteiger partial charge in [0.1, 0.15) is 5.69 Å². The lowest BCUT2D eigenvalue weighted by Gasteiger charge is -2.29. The summed E-state index contributed by atoms with van der Waals surface area (Å²) >= 11 is 0. The van der Waals surface area contributed by atoms with Gasteiger partial charge in [0.2, 0.25) is 0 Å². The van der Waals surface area contributed by atoms with Crippen LogP contribution in [0.3, 0.4) is 0 Å². The van der Waals surface area contributed by atoms with Crippen LogP contribution in [-0.4, -0.2) is 35.7 Å². The molecule has 1 aromatic rings. The average molecular weight is 350 g/mol. The van der Waals surface area contributed by atoms with Gasteiger partial charge in [-0.25, -0.2) is 14.4 Å². The lowest BCUT2D eigenvalue weighted by atomic mass is 10.1. The highest BCUT2D eigenvalue weighted by molar-refractivity contribution is 6.15. The monoisotopic (exact) mass is 350 g/mol. The number of benzene rings is 1. The van der Waals surface area contributed by atoms with Gasteiger partial charge in [-0.2, -0.15) is 0 Å². The van der Waals surface area contributed by atoms with Gasteiger partial charge in [-0.1, -0.05) is 6.07 Å². The van der Waals surface area contributed by atoms with Crippen LogP contribution in [0.5, 0.6) is 0 Å². The van der Waals surface area contributed by atoms with E-state index in [1.54, 1.807) is 0 Å². The fourth-order valence-corrected chi connectivity index (χ4v) is 2.05. The second kappa shape index (κ2) is 6.59. The molecule has 1 saturated heterocycles. The molecule has 132 valence electrons. The van der Waals surface area contributed by atoms with E-state index in [0.29, 0.717) is 0 Å². The second-order valence-electron chi connectivity index (χ2n) is 5.33. The first kappa shape index (κ1) is 17.9. The summed E-state index contributed by atoms with van der Waals surface area (Å²) in [6.45, 7) is 2.76. The molecule has 0 amide bonds. The normalized spacial score (nSPS) is 15.7. The van der Waals surface area contributed by atoms with Gasteiger partial charge in [-0.15, -0.1) is 0 Å². The number of nitro groups is 1. The Labute approximate surface area is 141 Å². The SMILES string of the molecule is COC(=O)c1cccc([N+](=O)[O-])c1NC=C1C(=O)OC(C)(C)OC1=O. The zero-order chi connectivity index (χ0) is 18.8. The largest absolute Gasteiger partial charge is 0.465 e. The predicted molar refractivity (Wildman–Crippen MR) is 82.4 cm³/mol. The van der Waals surface area contributed by atoms with Crippen LogP contribution in [0.25, 0.3) is 0 Å². The van der Waals surface area contributed by atoms with E-state index in [0.717, 1.165) is 19.4 Å². The molecule has 2 rings (SSSR count). The van der Waals surface area contributed by atoms with Crippen molar-refractivity contribution >= 4 is 29.3 Å². The highest BCUT2D eigenvalue weighted by atomic mass is 16.7. The van der Waals surface area contributed by atoms with Crippen molar-refractivity contribution in [3.05, 3.63) is 45.6 Å². The van der Waals surface area contributed by atoms with Crippen LogP contribution in [0.2, 0.25) is 0 Å². The number of carbonyl (C=O) groups is 3. The molecule has 1 heterocycles. The number of ether oxygens (including phenoxy) is 3. The lowest BCUT2D eigenvalue weighted by molar-refractivity contribution is -0.384. The lowest BCUT2D eigenvalue weighted by Crippen LogP contribution is -2.42. The summed E-state index contributed by atoms with van der Waals surface area (Å²) in [6.07, 6.45) is 0.884. The van der Waals surface area contributed by atoms with Crippen LogP contribution in [0.4, 0.5) is 11.4 Å². The molecule has 0 aromatic heterocycles. The number of cyclic esters (lactones) is 2. The quantitative estimate of drug-likeness (QED) is 0.282. The number of hydrogen-bond acceptors (Lipinski definition) is 9. The summed E-state index contributed by atoms with van der Waals surface area (Å²) in [4.78, 5) is 46.0. The Bertz CT molecular complexity index is 775. The number of nitro benzene ring substituents is 1. The van der Waals surface area contributed by atoms with Crippen LogP contribution in [-0.2, 0) is 23.8 Å². The third-order valence-electron chi connectivity index (χ3n) is 3.12. The van der Waals surface area contributed by atoms with E-state index < -0.39 is 39.9 Å². The van der Waals surface area contributed by atoms with Crippen LogP contribution >= 0.6 is 0 Å². The average Bonchev–Trinajstić information content (AvgIpc) is 2.51. The maximum atomic E-state index is 11.9. The van der Waals surface area contributed by atoms with Crippen molar-refractivity contribution in [1.29, 1.82) is 0 Å². The standard InChI is InChI=1S/C15H14N2O8/c1-15(2)24-13(19)9(14(20)25-15)7-16-11-8(12(18)23-3)5-4-6-10(11)17(21)22/h4-7,16H,1-3H3. The van der Waals surface area contributed by atoms with Crippen molar-refractivity contribution in [2.75, 3.05) is 12.4 Å². The molecule has 0 spiro atoms. The topological polar surface area (TPSA) is 134 Å². The summed E-state index contributed by atoms with van der Waals surface area (Å²) < 4.78 is 14.4. The molecule has 1 fully saturated rings. The second-order valence-corrected chi connectivity index (χ2v) is 5.33. The number of methoxy groups -OCH3 is 1. The first-order valence-corrected chi connectivity index (χ1v) is 6.95. The van der Waals surface area contributed by atoms with Crippen LogP contribution in [0.15, 0.2) is 30.0 Å². The number of carbonyl (C=O) groups excluding carboxylic acids is 3. The maximum Gasteiger partial charge on any atom is 0.350 e. The molecule has 0 bridgehead atoms. The fraction of sp³-hybridized carbons (Fsp3) is 0.267. The van der Waals surface area contributed by atoms with Crippen molar-refractivity contribution in [3.8, 4) is 0 Å². The van der Waals surface area contributed by atoms with Gasteiger partial charge in [0, 0.05) is 26.1 Å². The van der Waals surface area contributed by atoms with Gasteiger partial charge < -0.3 is 19.5 Å². The molecule has 1 aromatic carbocycles. The molecular formula is C15H14N2O8. The van der Waals surface area contributed by atoms with Gasteiger partial charge in [0.25, 0.3) is 11.5 Å². The van der Waals surface area contributed by atoms with Crippen molar-refractivity contribution in [1.82, 2.24) is 0 Å². The van der Waals surface area contributed by atoms with E-state index in [9.17, 15) is 24.5 Å². The summed E-state index contributed by atoms with van der Waals surface area (Å²) in [7, 11) is 1.11. The molecule has 0 aliphatic carbocycles. The number of para-hydroxylation sites is 1. The molecule has 0 atom stereocenters. The molecule has 1 N–H and O–H groups in total. The highest BCUT2D eigenvalue weighted by Crippen LogP contribution is 2.30. The molecular weight excluding hydrogens is 336 g/mol. The van der Waals surface area contributed by atoms with Crippen LogP contribution in [0, 0.1) is 10.1 Å². The molecule has 0 radical (unpaired) electrons. The smallest absolute Gasteiger partial charge is 0.350 e. The van der Waals surface area contributed by atoms with Crippen molar-refractivity contribution < 1.29 is 33.5 Å². The minimum absolute atomic E-state index is 0.147. The first-order valence-electron chi connectivity index (χ1n) is 6.95. The van der Waals surface area contributed by atoms with Crippen molar-refractivity contribution in [3.63, 3.8) is 0 Å². The number of anilines is 1. The van der Waals surface area contributed by atoms with E-state index >= 15 is 0 Å². The zero-order valence-corrected chi connectivity index (χ0v) is 13.5. The minimum Gasteiger partial charge on any atom is -0.465 e. The third kappa shape index (κ3) is 3.74. The Hall–Kier alpha value is -3.43.